The van der Waals surface area contributed by atoms with Gasteiger partial charge in [0.1, 0.15) is 5.69 Å². The maximum Gasteiger partial charge on any atom is 0.151 e. The van der Waals surface area contributed by atoms with Crippen molar-refractivity contribution in [2.24, 2.45) is 4.99 Å². The van der Waals surface area contributed by atoms with Gasteiger partial charge in [-0.25, -0.2) is 4.39 Å². The number of aryl methyl sites for hydroxylation is 2. The Labute approximate surface area is 158 Å². The highest BCUT2D eigenvalue weighted by molar-refractivity contribution is 7.78. The Morgan fingerprint density at radius 1 is 0.808 bits per heavy atom. The molecule has 126 valence electrons. The van der Waals surface area contributed by atoms with Crippen LogP contribution >= 0.6 is 12.2 Å². The van der Waals surface area contributed by atoms with Gasteiger partial charge < -0.3 is 0 Å². The van der Waals surface area contributed by atoms with E-state index in [1.807, 2.05) is 24.3 Å². The molecule has 0 N–H and O–H groups in total. The molecule has 3 heteroatoms. The van der Waals surface area contributed by atoms with Crippen LogP contribution < -0.4 is 0 Å². The molecule has 1 nitrogen and oxygen atoms in total. The predicted molar refractivity (Wildman–Crippen MR) is 108 cm³/mol. The van der Waals surface area contributed by atoms with Gasteiger partial charge in [0, 0.05) is 11.1 Å². The average Bonchev–Trinajstić information content (AvgIpc) is 2.64. The van der Waals surface area contributed by atoms with Crippen molar-refractivity contribution < 1.29 is 4.39 Å². The summed E-state index contributed by atoms with van der Waals surface area (Å²) in [6.07, 6.45) is 0. The fourth-order valence-corrected chi connectivity index (χ4v) is 2.72. The SMILES string of the molecule is Cc1ccc(-c2ccc(C#Cc3cc(C)c(N=C=S)c(F)c3)cc2)cc1. The summed E-state index contributed by atoms with van der Waals surface area (Å²) in [6, 6.07) is 19.6. The van der Waals surface area contributed by atoms with E-state index in [2.05, 4.69) is 65.4 Å². The van der Waals surface area contributed by atoms with E-state index in [1.54, 1.807) is 13.0 Å². The first-order valence-corrected chi connectivity index (χ1v) is 8.55. The van der Waals surface area contributed by atoms with Gasteiger partial charge in [0.25, 0.3) is 0 Å². The van der Waals surface area contributed by atoms with Crippen LogP contribution in [0.15, 0.2) is 65.7 Å². The first-order chi connectivity index (χ1) is 12.6. The number of rotatable bonds is 2. The van der Waals surface area contributed by atoms with Crippen molar-refractivity contribution >= 4 is 23.1 Å². The van der Waals surface area contributed by atoms with Gasteiger partial charge in [-0.2, -0.15) is 4.99 Å². The summed E-state index contributed by atoms with van der Waals surface area (Å²) in [7, 11) is 0. The molecular weight excluding hydrogens is 341 g/mol. The second-order valence-corrected chi connectivity index (χ2v) is 6.20. The molecule has 0 aliphatic carbocycles. The van der Waals surface area contributed by atoms with Crippen LogP contribution in [0.3, 0.4) is 0 Å². The monoisotopic (exact) mass is 357 g/mol. The molecule has 3 rings (SSSR count). The normalized spacial score (nSPS) is 9.81. The van der Waals surface area contributed by atoms with Gasteiger partial charge in [0.05, 0.1) is 5.16 Å². The van der Waals surface area contributed by atoms with E-state index in [0.717, 1.165) is 11.1 Å². The first-order valence-electron chi connectivity index (χ1n) is 8.14. The zero-order chi connectivity index (χ0) is 18.5. The van der Waals surface area contributed by atoms with Crippen molar-refractivity contribution in [1.82, 2.24) is 0 Å². The number of hydrogen-bond donors (Lipinski definition) is 0. The summed E-state index contributed by atoms with van der Waals surface area (Å²) in [5, 5.41) is 2.20. The number of aliphatic imine (C=N–C) groups is 1. The molecule has 3 aromatic rings. The maximum absolute atomic E-state index is 14.0. The summed E-state index contributed by atoms with van der Waals surface area (Å²) in [5.41, 5.74) is 5.92. The van der Waals surface area contributed by atoms with Crippen LogP contribution in [0.4, 0.5) is 10.1 Å². The molecule has 0 saturated heterocycles. The number of halogens is 1. The van der Waals surface area contributed by atoms with E-state index in [4.69, 9.17) is 0 Å². The van der Waals surface area contributed by atoms with Crippen molar-refractivity contribution in [3.8, 4) is 23.0 Å². The van der Waals surface area contributed by atoms with E-state index in [0.29, 0.717) is 11.1 Å². The number of isothiocyanates is 1. The molecule has 3 aromatic carbocycles. The van der Waals surface area contributed by atoms with E-state index in [9.17, 15) is 4.39 Å². The molecule has 0 aliphatic rings. The number of benzene rings is 3. The topological polar surface area (TPSA) is 12.4 Å². The third-order valence-electron chi connectivity index (χ3n) is 4.03. The van der Waals surface area contributed by atoms with Crippen LogP contribution in [-0.2, 0) is 0 Å². The Kier molecular flexibility index (Phi) is 5.39. The standard InChI is InChI=1S/C23H16FNS/c1-16-3-9-20(10-4-16)21-11-7-18(8-12-21)5-6-19-13-17(2)23(25-15-26)22(24)14-19/h3-4,7-14H,1-2H3. The quantitative estimate of drug-likeness (QED) is 0.300. The largest absolute Gasteiger partial charge is 0.205 e. The van der Waals surface area contributed by atoms with Gasteiger partial charge in [-0.3, -0.25) is 0 Å². The van der Waals surface area contributed by atoms with Gasteiger partial charge in [0.2, 0.25) is 0 Å². The summed E-state index contributed by atoms with van der Waals surface area (Å²) in [6.45, 7) is 3.84. The molecule has 26 heavy (non-hydrogen) atoms. The Bertz CT molecular complexity index is 1030. The van der Waals surface area contributed by atoms with Gasteiger partial charge in [-0.05, 0) is 67.0 Å². The summed E-state index contributed by atoms with van der Waals surface area (Å²) < 4.78 is 14.0. The molecular formula is C23H16FNS. The molecule has 0 fully saturated rings. The minimum absolute atomic E-state index is 0.216. The van der Waals surface area contributed by atoms with E-state index in [-0.39, 0.29) is 5.69 Å². The zero-order valence-electron chi connectivity index (χ0n) is 14.5. The third-order valence-corrected chi connectivity index (χ3v) is 4.12. The number of nitrogens with zero attached hydrogens (tertiary/aromatic N) is 1. The van der Waals surface area contributed by atoms with E-state index < -0.39 is 5.82 Å². The van der Waals surface area contributed by atoms with Crippen molar-refractivity contribution in [3.05, 3.63) is 88.7 Å². The lowest BCUT2D eigenvalue weighted by Crippen LogP contribution is -1.85. The minimum Gasteiger partial charge on any atom is -0.205 e. The molecule has 0 saturated carbocycles. The summed E-state index contributed by atoms with van der Waals surface area (Å²) in [5.74, 6) is 5.63. The number of thiocarbonyl (C=S) groups is 1. The smallest absolute Gasteiger partial charge is 0.151 e. The summed E-state index contributed by atoms with van der Waals surface area (Å²) >= 11 is 4.54. The number of hydrogen-bond acceptors (Lipinski definition) is 2. The van der Waals surface area contributed by atoms with Gasteiger partial charge in [-0.15, -0.1) is 0 Å². The second kappa shape index (κ2) is 7.89. The molecule has 0 aromatic heterocycles. The Balaban J connectivity index is 1.84. The van der Waals surface area contributed by atoms with Crippen LogP contribution in [0.5, 0.6) is 0 Å². The Hall–Kier alpha value is -3.05. The fourth-order valence-electron chi connectivity index (χ4n) is 2.63. The fraction of sp³-hybridized carbons (Fsp3) is 0.0870. The molecule has 0 amide bonds. The lowest BCUT2D eigenvalue weighted by molar-refractivity contribution is 0.628. The van der Waals surface area contributed by atoms with Crippen LogP contribution in [0.25, 0.3) is 11.1 Å². The lowest BCUT2D eigenvalue weighted by atomic mass is 10.0. The van der Waals surface area contributed by atoms with Crippen molar-refractivity contribution in [2.45, 2.75) is 13.8 Å². The molecule has 0 aliphatic heterocycles. The Morgan fingerprint density at radius 3 is 1.96 bits per heavy atom. The first kappa shape index (κ1) is 17.8. The molecule has 0 radical (unpaired) electrons. The third kappa shape index (κ3) is 4.13. The Morgan fingerprint density at radius 2 is 1.38 bits per heavy atom. The molecule has 0 spiro atoms. The zero-order valence-corrected chi connectivity index (χ0v) is 15.3. The molecule has 0 bridgehead atoms. The highest BCUT2D eigenvalue weighted by Gasteiger charge is 2.06. The van der Waals surface area contributed by atoms with Gasteiger partial charge >= 0.3 is 0 Å². The minimum atomic E-state index is -0.443. The van der Waals surface area contributed by atoms with Crippen LogP contribution in [0, 0.1) is 31.5 Å². The van der Waals surface area contributed by atoms with Crippen LogP contribution in [0.2, 0.25) is 0 Å². The lowest BCUT2D eigenvalue weighted by Gasteiger charge is -2.03. The molecule has 0 heterocycles. The van der Waals surface area contributed by atoms with E-state index in [1.165, 1.54) is 17.2 Å². The van der Waals surface area contributed by atoms with Crippen molar-refractivity contribution in [2.75, 3.05) is 0 Å². The highest BCUT2D eigenvalue weighted by Crippen LogP contribution is 2.24. The second-order valence-electron chi connectivity index (χ2n) is 6.02. The molecule has 0 atom stereocenters. The van der Waals surface area contributed by atoms with Gasteiger partial charge in [0.15, 0.2) is 5.82 Å². The van der Waals surface area contributed by atoms with Crippen molar-refractivity contribution in [3.63, 3.8) is 0 Å². The van der Waals surface area contributed by atoms with E-state index >= 15 is 0 Å². The van der Waals surface area contributed by atoms with Crippen LogP contribution in [-0.4, -0.2) is 5.16 Å². The van der Waals surface area contributed by atoms with Gasteiger partial charge in [-0.1, -0.05) is 53.8 Å². The van der Waals surface area contributed by atoms with Crippen LogP contribution in [0.1, 0.15) is 22.3 Å². The highest BCUT2D eigenvalue weighted by atomic mass is 32.1. The molecule has 0 unspecified atom stereocenters. The average molecular weight is 357 g/mol. The summed E-state index contributed by atoms with van der Waals surface area (Å²) in [4.78, 5) is 3.75. The van der Waals surface area contributed by atoms with Crippen molar-refractivity contribution in [1.29, 1.82) is 0 Å². The maximum atomic E-state index is 14.0. The predicted octanol–water partition coefficient (Wildman–Crippen LogP) is 6.24.